The summed E-state index contributed by atoms with van der Waals surface area (Å²) in [6.45, 7) is 1.94. The molecule has 0 aliphatic heterocycles. The van der Waals surface area contributed by atoms with E-state index in [-0.39, 0.29) is 18.5 Å². The van der Waals surface area contributed by atoms with Crippen LogP contribution in [0, 0.1) is 0 Å². The van der Waals surface area contributed by atoms with E-state index in [1.54, 1.807) is 12.3 Å². The first-order valence-corrected chi connectivity index (χ1v) is 7.90. The van der Waals surface area contributed by atoms with Crippen molar-refractivity contribution in [2.45, 2.75) is 25.9 Å². The number of hydrogen-bond donors (Lipinski definition) is 1. The van der Waals surface area contributed by atoms with Gasteiger partial charge in [-0.3, -0.25) is 9.36 Å². The average Bonchev–Trinajstić information content (AvgIpc) is 2.56. The third kappa shape index (κ3) is 3.87. The summed E-state index contributed by atoms with van der Waals surface area (Å²) in [6.07, 6.45) is 3.71. The van der Waals surface area contributed by atoms with E-state index in [4.69, 9.17) is 0 Å². The lowest BCUT2D eigenvalue weighted by molar-refractivity contribution is -0.122. The van der Waals surface area contributed by atoms with Crippen LogP contribution in [0.2, 0.25) is 0 Å². The Labute approximate surface area is 140 Å². The molecule has 1 heterocycles. The molecule has 24 heavy (non-hydrogen) atoms. The molecule has 5 heteroatoms. The van der Waals surface area contributed by atoms with Crippen molar-refractivity contribution in [3.8, 4) is 0 Å². The first-order valence-electron chi connectivity index (χ1n) is 7.90. The van der Waals surface area contributed by atoms with E-state index in [1.165, 1.54) is 27.1 Å². The molecule has 0 unspecified atom stereocenters. The Kier molecular flexibility index (Phi) is 4.70. The van der Waals surface area contributed by atoms with Gasteiger partial charge < -0.3 is 5.32 Å². The van der Waals surface area contributed by atoms with Gasteiger partial charge in [0, 0.05) is 18.4 Å². The van der Waals surface area contributed by atoms with Crippen molar-refractivity contribution in [1.29, 1.82) is 0 Å². The number of rotatable bonds is 5. The van der Waals surface area contributed by atoms with Crippen molar-refractivity contribution in [1.82, 2.24) is 14.9 Å². The molecule has 0 radical (unpaired) electrons. The fourth-order valence-electron chi connectivity index (χ4n) is 2.75. The predicted molar refractivity (Wildman–Crippen MR) is 93.8 cm³/mol. The molecule has 122 valence electrons. The fourth-order valence-corrected chi connectivity index (χ4v) is 2.75. The maximum absolute atomic E-state index is 12.1. The van der Waals surface area contributed by atoms with Gasteiger partial charge in [0.05, 0.1) is 0 Å². The van der Waals surface area contributed by atoms with E-state index in [2.05, 4.69) is 40.6 Å². The molecule has 3 aromatic rings. The maximum Gasteiger partial charge on any atom is 0.347 e. The normalized spacial score (nSPS) is 12.0. The molecule has 0 saturated heterocycles. The van der Waals surface area contributed by atoms with Crippen LogP contribution in [-0.2, 0) is 17.8 Å². The number of hydrogen-bond acceptors (Lipinski definition) is 3. The molecule has 0 aliphatic rings. The molecule has 1 atom stereocenters. The highest BCUT2D eigenvalue weighted by atomic mass is 16.2. The van der Waals surface area contributed by atoms with Gasteiger partial charge in [-0.05, 0) is 35.7 Å². The summed E-state index contributed by atoms with van der Waals surface area (Å²) in [7, 11) is 0. The second-order valence-electron chi connectivity index (χ2n) is 5.88. The summed E-state index contributed by atoms with van der Waals surface area (Å²) in [5, 5.41) is 5.32. The average molecular weight is 321 g/mol. The first-order chi connectivity index (χ1) is 11.6. The largest absolute Gasteiger partial charge is 0.352 e. The predicted octanol–water partition coefficient (Wildman–Crippen LogP) is 2.14. The minimum Gasteiger partial charge on any atom is -0.352 e. The van der Waals surface area contributed by atoms with Crippen LogP contribution in [0.5, 0.6) is 0 Å². The van der Waals surface area contributed by atoms with E-state index in [9.17, 15) is 9.59 Å². The van der Waals surface area contributed by atoms with Crippen LogP contribution in [0.25, 0.3) is 10.8 Å². The summed E-state index contributed by atoms with van der Waals surface area (Å²) in [6, 6.07) is 16.1. The summed E-state index contributed by atoms with van der Waals surface area (Å²) in [5.41, 5.74) is 0.745. The van der Waals surface area contributed by atoms with E-state index < -0.39 is 5.69 Å². The van der Waals surface area contributed by atoms with Crippen LogP contribution in [-0.4, -0.2) is 21.5 Å². The maximum atomic E-state index is 12.1. The van der Waals surface area contributed by atoms with Crippen molar-refractivity contribution >= 4 is 16.7 Å². The quantitative estimate of drug-likeness (QED) is 0.783. The lowest BCUT2D eigenvalue weighted by atomic mass is 10.0. The number of fused-ring (bicyclic) bond motifs is 1. The number of aromatic nitrogens is 2. The molecule has 3 rings (SSSR count). The van der Waals surface area contributed by atoms with Crippen LogP contribution in [0.15, 0.2) is 65.7 Å². The number of carbonyl (C=O) groups excluding carboxylic acids is 1. The van der Waals surface area contributed by atoms with Gasteiger partial charge in [-0.2, -0.15) is 0 Å². The van der Waals surface area contributed by atoms with E-state index >= 15 is 0 Å². The van der Waals surface area contributed by atoms with E-state index in [1.807, 2.05) is 19.1 Å². The third-order valence-electron chi connectivity index (χ3n) is 3.86. The second-order valence-corrected chi connectivity index (χ2v) is 5.88. The van der Waals surface area contributed by atoms with Crippen LogP contribution >= 0.6 is 0 Å². The van der Waals surface area contributed by atoms with E-state index in [0.717, 1.165) is 6.42 Å². The van der Waals surface area contributed by atoms with Crippen molar-refractivity contribution in [3.63, 3.8) is 0 Å². The van der Waals surface area contributed by atoms with E-state index in [0.29, 0.717) is 0 Å². The Morgan fingerprint density at radius 2 is 1.96 bits per heavy atom. The number of benzene rings is 2. The van der Waals surface area contributed by atoms with Crippen molar-refractivity contribution in [2.75, 3.05) is 0 Å². The molecule has 1 amide bonds. The zero-order valence-corrected chi connectivity index (χ0v) is 13.5. The van der Waals surface area contributed by atoms with Crippen molar-refractivity contribution in [3.05, 3.63) is 77.0 Å². The molecule has 0 bridgehead atoms. The molecule has 0 saturated carbocycles. The van der Waals surface area contributed by atoms with Crippen LogP contribution in [0.1, 0.15) is 12.5 Å². The zero-order valence-electron chi connectivity index (χ0n) is 13.5. The van der Waals surface area contributed by atoms with Gasteiger partial charge in [0.25, 0.3) is 0 Å². The summed E-state index contributed by atoms with van der Waals surface area (Å²) < 4.78 is 1.29. The first kappa shape index (κ1) is 15.9. The van der Waals surface area contributed by atoms with Gasteiger partial charge in [0.15, 0.2) is 0 Å². The van der Waals surface area contributed by atoms with Crippen molar-refractivity contribution in [2.24, 2.45) is 0 Å². The van der Waals surface area contributed by atoms with Crippen molar-refractivity contribution < 1.29 is 4.79 Å². The fraction of sp³-hybridized carbons (Fsp3) is 0.211. The zero-order chi connectivity index (χ0) is 16.9. The lowest BCUT2D eigenvalue weighted by Gasteiger charge is -2.15. The van der Waals surface area contributed by atoms with Gasteiger partial charge in [0.2, 0.25) is 5.91 Å². The van der Waals surface area contributed by atoms with Gasteiger partial charge in [0.1, 0.15) is 6.54 Å². The minimum atomic E-state index is -0.421. The summed E-state index contributed by atoms with van der Waals surface area (Å²) in [4.78, 5) is 27.2. The second kappa shape index (κ2) is 7.08. The Bertz CT molecular complexity index is 917. The highest BCUT2D eigenvalue weighted by Gasteiger charge is 2.10. The highest BCUT2D eigenvalue weighted by Crippen LogP contribution is 2.16. The van der Waals surface area contributed by atoms with Gasteiger partial charge in [-0.1, -0.05) is 42.5 Å². The standard InChI is InChI=1S/C19H19N3O2/c1-14(21-18(23)13-22-10-4-9-20-19(22)24)11-15-7-8-16-5-2-3-6-17(16)12-15/h2-10,12,14H,11,13H2,1H3,(H,21,23)/t14-/m1/s1. The molecule has 2 aromatic carbocycles. The third-order valence-corrected chi connectivity index (χ3v) is 3.86. The Morgan fingerprint density at radius 1 is 1.17 bits per heavy atom. The highest BCUT2D eigenvalue weighted by molar-refractivity contribution is 5.83. The molecule has 1 aromatic heterocycles. The van der Waals surface area contributed by atoms with Crippen LogP contribution < -0.4 is 11.0 Å². The lowest BCUT2D eigenvalue weighted by Crippen LogP contribution is -2.38. The molecular weight excluding hydrogens is 302 g/mol. The minimum absolute atomic E-state index is 0.0191. The Hall–Kier alpha value is -2.95. The summed E-state index contributed by atoms with van der Waals surface area (Å²) in [5.74, 6) is -0.196. The molecule has 1 N–H and O–H groups in total. The van der Waals surface area contributed by atoms with Gasteiger partial charge >= 0.3 is 5.69 Å². The van der Waals surface area contributed by atoms with Crippen LogP contribution in [0.3, 0.4) is 0 Å². The Morgan fingerprint density at radius 3 is 2.75 bits per heavy atom. The molecular formula is C19H19N3O2. The molecule has 0 aliphatic carbocycles. The monoisotopic (exact) mass is 321 g/mol. The number of nitrogens with zero attached hydrogens (tertiary/aromatic N) is 2. The smallest absolute Gasteiger partial charge is 0.347 e. The van der Waals surface area contributed by atoms with Crippen LogP contribution in [0.4, 0.5) is 0 Å². The summed E-state index contributed by atoms with van der Waals surface area (Å²) >= 11 is 0. The molecule has 0 fully saturated rings. The van der Waals surface area contributed by atoms with Gasteiger partial charge in [-0.25, -0.2) is 9.78 Å². The Balaban J connectivity index is 1.62. The SMILES string of the molecule is C[C@H](Cc1ccc2ccccc2c1)NC(=O)Cn1cccnc1=O. The number of amides is 1. The molecule has 0 spiro atoms. The van der Waals surface area contributed by atoms with Gasteiger partial charge in [-0.15, -0.1) is 0 Å². The topological polar surface area (TPSA) is 64.0 Å². The number of carbonyl (C=O) groups is 1. The molecule has 5 nitrogen and oxygen atoms in total. The number of nitrogens with one attached hydrogen (secondary N) is 1.